The van der Waals surface area contributed by atoms with Crippen molar-refractivity contribution in [2.45, 2.75) is 25.4 Å². The third-order valence-corrected chi connectivity index (χ3v) is 4.65. The molecule has 24 heavy (non-hydrogen) atoms. The van der Waals surface area contributed by atoms with Crippen molar-refractivity contribution in [3.05, 3.63) is 70.3 Å². The topological polar surface area (TPSA) is 41.5 Å². The largest absolute Gasteiger partial charge is 0.490 e. The van der Waals surface area contributed by atoms with Crippen molar-refractivity contribution in [2.75, 3.05) is 13.2 Å². The van der Waals surface area contributed by atoms with Crippen LogP contribution in [0.5, 0.6) is 5.75 Å². The van der Waals surface area contributed by atoms with Crippen LogP contribution in [0.15, 0.2) is 59.2 Å². The van der Waals surface area contributed by atoms with Gasteiger partial charge in [0, 0.05) is 22.8 Å². The zero-order chi connectivity index (χ0) is 16.8. The molecule has 4 heteroatoms. The summed E-state index contributed by atoms with van der Waals surface area (Å²) < 4.78 is 6.91. The summed E-state index contributed by atoms with van der Waals surface area (Å²) >= 11 is 3.43. The minimum Gasteiger partial charge on any atom is -0.490 e. The van der Waals surface area contributed by atoms with Gasteiger partial charge in [-0.2, -0.15) is 0 Å². The van der Waals surface area contributed by atoms with E-state index in [0.29, 0.717) is 0 Å². The molecular formula is C20H22BrNO2. The van der Waals surface area contributed by atoms with Crippen LogP contribution >= 0.6 is 15.9 Å². The van der Waals surface area contributed by atoms with E-state index >= 15 is 0 Å². The van der Waals surface area contributed by atoms with Gasteiger partial charge in [0.15, 0.2) is 0 Å². The molecule has 0 radical (unpaired) electrons. The molecule has 2 aromatic rings. The van der Waals surface area contributed by atoms with E-state index in [0.717, 1.165) is 34.3 Å². The number of aliphatic hydroxyl groups excluding tert-OH is 1. The van der Waals surface area contributed by atoms with Crippen LogP contribution in [0.25, 0.3) is 5.57 Å². The van der Waals surface area contributed by atoms with Crippen LogP contribution in [-0.4, -0.2) is 18.3 Å². The maximum atomic E-state index is 10.4. The van der Waals surface area contributed by atoms with Gasteiger partial charge in [0.2, 0.25) is 0 Å². The Morgan fingerprint density at radius 2 is 2.00 bits per heavy atom. The Balaban J connectivity index is 1.72. The van der Waals surface area contributed by atoms with Gasteiger partial charge in [0.1, 0.15) is 18.5 Å². The van der Waals surface area contributed by atoms with Crippen LogP contribution in [-0.2, 0) is 0 Å². The average molecular weight is 388 g/mol. The summed E-state index contributed by atoms with van der Waals surface area (Å²) in [6.45, 7) is 1.25. The number of hydrogen-bond donors (Lipinski definition) is 2. The first-order valence-electron chi connectivity index (χ1n) is 8.32. The van der Waals surface area contributed by atoms with Crippen molar-refractivity contribution in [1.82, 2.24) is 5.32 Å². The Morgan fingerprint density at radius 3 is 2.88 bits per heavy atom. The lowest BCUT2D eigenvalue weighted by Crippen LogP contribution is -2.10. The maximum Gasteiger partial charge on any atom is 0.127 e. The van der Waals surface area contributed by atoms with Crippen molar-refractivity contribution in [3.63, 3.8) is 0 Å². The van der Waals surface area contributed by atoms with Gasteiger partial charge in [-0.15, -0.1) is 0 Å². The van der Waals surface area contributed by atoms with Crippen molar-refractivity contribution >= 4 is 21.5 Å². The zero-order valence-electron chi connectivity index (χ0n) is 13.5. The van der Waals surface area contributed by atoms with Gasteiger partial charge in [0.05, 0.1) is 0 Å². The third-order valence-electron chi connectivity index (χ3n) is 4.16. The molecule has 0 amide bonds. The highest BCUT2D eigenvalue weighted by Gasteiger charge is 2.13. The molecule has 2 N–H and O–H groups in total. The second-order valence-corrected chi connectivity index (χ2v) is 6.87. The lowest BCUT2D eigenvalue weighted by Gasteiger charge is -2.16. The summed E-state index contributed by atoms with van der Waals surface area (Å²) in [5.74, 6) is 0.821. The number of halogens is 1. The van der Waals surface area contributed by atoms with Gasteiger partial charge >= 0.3 is 0 Å². The molecule has 0 bridgehead atoms. The van der Waals surface area contributed by atoms with Crippen LogP contribution < -0.4 is 10.1 Å². The molecule has 1 unspecified atom stereocenters. The van der Waals surface area contributed by atoms with E-state index in [2.05, 4.69) is 33.5 Å². The Morgan fingerprint density at radius 1 is 1.12 bits per heavy atom. The smallest absolute Gasteiger partial charge is 0.127 e. The van der Waals surface area contributed by atoms with E-state index in [1.807, 2.05) is 42.5 Å². The van der Waals surface area contributed by atoms with E-state index in [1.54, 1.807) is 0 Å². The van der Waals surface area contributed by atoms with Crippen LogP contribution in [0.4, 0.5) is 0 Å². The number of aliphatic hydroxyl groups is 1. The summed E-state index contributed by atoms with van der Waals surface area (Å²) in [5, 5.41) is 13.7. The fraction of sp³-hybridized carbons (Fsp3) is 0.300. The van der Waals surface area contributed by atoms with E-state index in [9.17, 15) is 5.11 Å². The molecule has 0 fully saturated rings. The highest BCUT2D eigenvalue weighted by Crippen LogP contribution is 2.30. The predicted molar refractivity (Wildman–Crippen MR) is 101 cm³/mol. The monoisotopic (exact) mass is 387 g/mol. The summed E-state index contributed by atoms with van der Waals surface area (Å²) in [4.78, 5) is 0. The fourth-order valence-corrected chi connectivity index (χ4v) is 3.28. The first-order chi connectivity index (χ1) is 11.7. The molecular weight excluding hydrogens is 366 g/mol. The second-order valence-electron chi connectivity index (χ2n) is 5.96. The second kappa shape index (κ2) is 8.36. The summed E-state index contributed by atoms with van der Waals surface area (Å²) in [6.07, 6.45) is 4.84. The minimum atomic E-state index is -0.656. The first-order valence-corrected chi connectivity index (χ1v) is 9.11. The molecule has 0 aromatic heterocycles. The van der Waals surface area contributed by atoms with Gasteiger partial charge in [0.25, 0.3) is 0 Å². The van der Waals surface area contributed by atoms with Gasteiger partial charge in [-0.1, -0.05) is 46.3 Å². The third kappa shape index (κ3) is 4.40. The highest BCUT2D eigenvalue weighted by atomic mass is 79.9. The van der Waals surface area contributed by atoms with Gasteiger partial charge < -0.3 is 15.2 Å². The summed E-state index contributed by atoms with van der Waals surface area (Å²) in [7, 11) is 0. The molecule has 0 spiro atoms. The van der Waals surface area contributed by atoms with E-state index in [1.165, 1.54) is 18.4 Å². The number of allylic oxidation sites excluding steroid dienone is 1. The average Bonchev–Trinajstić information content (AvgIpc) is 2.89. The zero-order valence-corrected chi connectivity index (χ0v) is 15.1. The van der Waals surface area contributed by atoms with Crippen molar-refractivity contribution in [2.24, 2.45) is 0 Å². The molecule has 1 heterocycles. The standard InChI is InChI=1S/C20H22BrNO2/c21-17-8-5-7-15(12-17)19(23)14-24-20-10-2-1-9-18(20)16-6-3-4-11-22-13-16/h1-2,5,7-10,12-13,19,22-23H,3-4,6,11,14H2. The molecule has 3 rings (SSSR count). The molecule has 1 aliphatic heterocycles. The quantitative estimate of drug-likeness (QED) is 0.782. The van der Waals surface area contributed by atoms with Crippen molar-refractivity contribution in [3.8, 4) is 5.75 Å². The normalized spacial score (nSPS) is 15.8. The SMILES string of the molecule is OC(COc1ccccc1C1=CNCCCC1)c1cccc(Br)c1. The molecule has 0 saturated carbocycles. The van der Waals surface area contributed by atoms with Crippen LogP contribution in [0.1, 0.15) is 36.5 Å². The van der Waals surface area contributed by atoms with Crippen LogP contribution in [0.3, 0.4) is 0 Å². The predicted octanol–water partition coefficient (Wildman–Crippen LogP) is 4.68. The molecule has 3 nitrogen and oxygen atoms in total. The summed E-state index contributed by atoms with van der Waals surface area (Å²) in [6, 6.07) is 15.7. The number of hydrogen-bond acceptors (Lipinski definition) is 3. The number of rotatable bonds is 5. The van der Waals surface area contributed by atoms with Crippen molar-refractivity contribution < 1.29 is 9.84 Å². The molecule has 1 atom stereocenters. The van der Waals surface area contributed by atoms with E-state index in [4.69, 9.17) is 4.74 Å². The van der Waals surface area contributed by atoms with E-state index in [-0.39, 0.29) is 6.61 Å². The van der Waals surface area contributed by atoms with E-state index < -0.39 is 6.10 Å². The van der Waals surface area contributed by atoms with Crippen LogP contribution in [0.2, 0.25) is 0 Å². The Kier molecular flexibility index (Phi) is 5.94. The lowest BCUT2D eigenvalue weighted by molar-refractivity contribution is 0.108. The molecule has 2 aromatic carbocycles. The molecule has 1 aliphatic rings. The highest BCUT2D eigenvalue weighted by molar-refractivity contribution is 9.10. The first kappa shape index (κ1) is 17.1. The van der Waals surface area contributed by atoms with Crippen LogP contribution in [0, 0.1) is 0 Å². The number of ether oxygens (including phenoxy) is 1. The van der Waals surface area contributed by atoms with Gasteiger partial charge in [-0.25, -0.2) is 0 Å². The van der Waals surface area contributed by atoms with Crippen molar-refractivity contribution in [1.29, 1.82) is 0 Å². The Hall–Kier alpha value is -1.78. The Bertz CT molecular complexity index is 714. The Labute approximate surface area is 151 Å². The maximum absolute atomic E-state index is 10.4. The number of nitrogens with one attached hydrogen (secondary N) is 1. The lowest BCUT2D eigenvalue weighted by atomic mass is 10.0. The fourth-order valence-electron chi connectivity index (χ4n) is 2.86. The summed E-state index contributed by atoms with van der Waals surface area (Å²) in [5.41, 5.74) is 3.21. The molecule has 0 aliphatic carbocycles. The number of benzene rings is 2. The molecule has 0 saturated heterocycles. The van der Waals surface area contributed by atoms with Gasteiger partial charge in [-0.3, -0.25) is 0 Å². The molecule has 126 valence electrons. The number of para-hydroxylation sites is 1. The minimum absolute atomic E-state index is 0.230. The van der Waals surface area contributed by atoms with Gasteiger partial charge in [-0.05, 0) is 48.6 Å².